The van der Waals surface area contributed by atoms with Crippen LogP contribution in [0.3, 0.4) is 0 Å². The quantitative estimate of drug-likeness (QED) is 0.187. The Balaban J connectivity index is 1.29. The molecule has 1 heterocycles. The Labute approximate surface area is 259 Å². The van der Waals surface area contributed by atoms with E-state index in [1.54, 1.807) is 0 Å². The van der Waals surface area contributed by atoms with Crippen LogP contribution >= 0.6 is 15.9 Å². The lowest BCUT2D eigenvalue weighted by atomic mass is 9.98. The molecule has 0 N–H and O–H groups in total. The molecule has 1 aromatic heterocycles. The molecule has 0 unspecified atom stereocenters. The zero-order valence-electron chi connectivity index (χ0n) is 23.2. The van der Waals surface area contributed by atoms with E-state index < -0.39 is 0 Å². The van der Waals surface area contributed by atoms with E-state index in [0.717, 1.165) is 37.9 Å². The number of benzene rings is 6. The minimum absolute atomic E-state index is 0.641. The molecule has 0 spiro atoms. The fraction of sp³-hybridized carbons (Fsp3) is 0. The van der Waals surface area contributed by atoms with Crippen molar-refractivity contribution in [3.63, 3.8) is 0 Å². The van der Waals surface area contributed by atoms with Crippen molar-refractivity contribution in [2.75, 3.05) is 0 Å². The first kappa shape index (κ1) is 26.7. The van der Waals surface area contributed by atoms with Gasteiger partial charge in [-0.2, -0.15) is 0 Å². The van der Waals surface area contributed by atoms with Gasteiger partial charge in [0, 0.05) is 21.2 Å². The molecule has 4 heteroatoms. The van der Waals surface area contributed by atoms with Gasteiger partial charge in [0.25, 0.3) is 0 Å². The van der Waals surface area contributed by atoms with Gasteiger partial charge in [-0.1, -0.05) is 149 Å². The molecule has 204 valence electrons. The largest absolute Gasteiger partial charge is 0.208 e. The van der Waals surface area contributed by atoms with Crippen molar-refractivity contribution in [1.29, 1.82) is 0 Å². The molecule has 43 heavy (non-hydrogen) atoms. The molecule has 0 aliphatic heterocycles. The van der Waals surface area contributed by atoms with Gasteiger partial charge in [0.05, 0.1) is 0 Å². The van der Waals surface area contributed by atoms with E-state index in [2.05, 4.69) is 137 Å². The average molecular weight is 617 g/mol. The smallest absolute Gasteiger partial charge is 0.164 e. The molecular weight excluding hydrogens is 590 g/mol. The number of halogens is 1. The molecule has 0 aliphatic carbocycles. The van der Waals surface area contributed by atoms with Gasteiger partial charge in [-0.15, -0.1) is 0 Å². The van der Waals surface area contributed by atoms with Crippen LogP contribution in [0.5, 0.6) is 0 Å². The highest BCUT2D eigenvalue weighted by atomic mass is 79.9. The number of hydrogen-bond donors (Lipinski definition) is 0. The summed E-state index contributed by atoms with van der Waals surface area (Å²) < 4.78 is 1.07. The maximum Gasteiger partial charge on any atom is 0.164 e. The monoisotopic (exact) mass is 615 g/mol. The van der Waals surface area contributed by atoms with Gasteiger partial charge in [0.1, 0.15) is 0 Å². The van der Waals surface area contributed by atoms with Crippen LogP contribution in [0.25, 0.3) is 67.5 Å². The lowest BCUT2D eigenvalue weighted by Crippen LogP contribution is -2.00. The first-order valence-electron chi connectivity index (χ1n) is 14.1. The summed E-state index contributed by atoms with van der Waals surface area (Å²) in [6, 6.07) is 54.3. The molecule has 0 aliphatic rings. The van der Waals surface area contributed by atoms with Crippen molar-refractivity contribution in [3.05, 3.63) is 162 Å². The van der Waals surface area contributed by atoms with Gasteiger partial charge in [0.2, 0.25) is 0 Å². The van der Waals surface area contributed by atoms with Crippen LogP contribution in [0, 0.1) is 0 Å². The molecule has 0 saturated heterocycles. The fourth-order valence-electron chi connectivity index (χ4n) is 5.15. The Bertz CT molecular complexity index is 2000. The highest BCUT2D eigenvalue weighted by molar-refractivity contribution is 9.10. The van der Waals surface area contributed by atoms with E-state index >= 15 is 0 Å². The third-order valence-corrected chi connectivity index (χ3v) is 7.94. The highest BCUT2D eigenvalue weighted by Gasteiger charge is 2.13. The van der Waals surface area contributed by atoms with Gasteiger partial charge >= 0.3 is 0 Å². The Morgan fingerprint density at radius 3 is 1.19 bits per heavy atom. The van der Waals surface area contributed by atoms with Crippen molar-refractivity contribution in [1.82, 2.24) is 15.0 Å². The molecular formula is C39H26BrN3. The van der Waals surface area contributed by atoms with Crippen molar-refractivity contribution < 1.29 is 0 Å². The summed E-state index contributed by atoms with van der Waals surface area (Å²) in [4.78, 5) is 14.8. The van der Waals surface area contributed by atoms with Crippen molar-refractivity contribution in [2.24, 2.45) is 0 Å². The lowest BCUT2D eigenvalue weighted by molar-refractivity contribution is 1.07. The summed E-state index contributed by atoms with van der Waals surface area (Å²) in [6.07, 6.45) is 0. The minimum Gasteiger partial charge on any atom is -0.208 e. The zero-order chi connectivity index (χ0) is 29.0. The molecule has 0 amide bonds. The van der Waals surface area contributed by atoms with Crippen LogP contribution in [0.1, 0.15) is 0 Å². The van der Waals surface area contributed by atoms with Crippen LogP contribution in [-0.4, -0.2) is 15.0 Å². The summed E-state index contributed by atoms with van der Waals surface area (Å²) >= 11 is 3.54. The number of rotatable bonds is 6. The summed E-state index contributed by atoms with van der Waals surface area (Å²) in [5.74, 6) is 1.93. The Kier molecular flexibility index (Phi) is 7.43. The second kappa shape index (κ2) is 12.0. The van der Waals surface area contributed by atoms with E-state index in [4.69, 9.17) is 15.0 Å². The van der Waals surface area contributed by atoms with Crippen molar-refractivity contribution in [3.8, 4) is 67.5 Å². The van der Waals surface area contributed by atoms with Crippen LogP contribution < -0.4 is 0 Å². The average Bonchev–Trinajstić information content (AvgIpc) is 3.09. The second-order valence-electron chi connectivity index (χ2n) is 10.3. The fourth-order valence-corrected chi connectivity index (χ4v) is 5.42. The third kappa shape index (κ3) is 5.92. The van der Waals surface area contributed by atoms with Crippen LogP contribution in [0.15, 0.2) is 162 Å². The van der Waals surface area contributed by atoms with Crippen LogP contribution in [-0.2, 0) is 0 Å². The molecule has 6 aromatic carbocycles. The highest BCUT2D eigenvalue weighted by Crippen LogP contribution is 2.31. The molecule has 0 radical (unpaired) electrons. The van der Waals surface area contributed by atoms with Gasteiger partial charge in [-0.3, -0.25) is 0 Å². The van der Waals surface area contributed by atoms with E-state index in [0.29, 0.717) is 17.5 Å². The molecule has 0 atom stereocenters. The van der Waals surface area contributed by atoms with E-state index in [-0.39, 0.29) is 0 Å². The normalized spacial score (nSPS) is 10.9. The van der Waals surface area contributed by atoms with Crippen LogP contribution in [0.4, 0.5) is 0 Å². The first-order valence-corrected chi connectivity index (χ1v) is 14.9. The van der Waals surface area contributed by atoms with E-state index in [9.17, 15) is 0 Å². The molecule has 0 bridgehead atoms. The number of hydrogen-bond acceptors (Lipinski definition) is 3. The number of aromatic nitrogens is 3. The topological polar surface area (TPSA) is 38.7 Å². The van der Waals surface area contributed by atoms with Crippen molar-refractivity contribution >= 4 is 15.9 Å². The Morgan fingerprint density at radius 1 is 0.279 bits per heavy atom. The third-order valence-electron chi connectivity index (χ3n) is 7.41. The zero-order valence-corrected chi connectivity index (χ0v) is 24.8. The molecule has 7 aromatic rings. The number of nitrogens with zero attached hydrogens (tertiary/aromatic N) is 3. The van der Waals surface area contributed by atoms with Gasteiger partial charge < -0.3 is 0 Å². The van der Waals surface area contributed by atoms with E-state index in [1.165, 1.54) is 16.7 Å². The first-order chi connectivity index (χ1) is 21.2. The summed E-state index contributed by atoms with van der Waals surface area (Å²) in [6.45, 7) is 0. The summed E-state index contributed by atoms with van der Waals surface area (Å²) in [5, 5.41) is 0. The predicted octanol–water partition coefficient (Wildman–Crippen LogP) is 10.6. The second-order valence-corrected chi connectivity index (χ2v) is 11.2. The van der Waals surface area contributed by atoms with Crippen molar-refractivity contribution in [2.45, 2.75) is 0 Å². The summed E-state index contributed by atoms with van der Waals surface area (Å²) in [5.41, 5.74) is 9.75. The molecule has 0 fully saturated rings. The molecule has 7 rings (SSSR count). The standard InChI is InChI=1S/C39H26BrN3/c40-36-23-21-29(22-24-36)32-13-7-14-33(25-32)34-15-8-16-35(26-34)39-42-37(30-11-5-2-6-12-30)41-38(43-39)31-19-17-28(18-20-31)27-9-3-1-4-10-27/h1-26H. The molecule has 3 nitrogen and oxygen atoms in total. The maximum absolute atomic E-state index is 4.98. The van der Waals surface area contributed by atoms with Crippen LogP contribution in [0.2, 0.25) is 0 Å². The molecule has 0 saturated carbocycles. The SMILES string of the molecule is Brc1ccc(-c2cccc(-c3cccc(-c4nc(-c5ccccc5)nc(-c5ccc(-c6ccccc6)cc5)n4)c3)c2)cc1. The van der Waals surface area contributed by atoms with Gasteiger partial charge in [0.15, 0.2) is 17.5 Å². The predicted molar refractivity (Wildman–Crippen MR) is 180 cm³/mol. The van der Waals surface area contributed by atoms with E-state index in [1.807, 2.05) is 36.4 Å². The lowest BCUT2D eigenvalue weighted by Gasteiger charge is -2.11. The Hall–Kier alpha value is -5.19. The van der Waals surface area contributed by atoms with Gasteiger partial charge in [-0.05, 0) is 57.6 Å². The van der Waals surface area contributed by atoms with Gasteiger partial charge in [-0.25, -0.2) is 15.0 Å². The Morgan fingerprint density at radius 2 is 0.605 bits per heavy atom. The summed E-state index contributed by atoms with van der Waals surface area (Å²) in [7, 11) is 0. The maximum atomic E-state index is 4.98. The minimum atomic E-state index is 0.641.